The molecule has 0 saturated heterocycles. The predicted octanol–water partition coefficient (Wildman–Crippen LogP) is 5.04. The van der Waals surface area contributed by atoms with Crippen molar-refractivity contribution < 1.29 is 4.79 Å². The van der Waals surface area contributed by atoms with Crippen molar-refractivity contribution in [2.45, 2.75) is 0 Å². The van der Waals surface area contributed by atoms with E-state index in [1.165, 1.54) is 11.3 Å². The molecule has 2 aromatic carbocycles. The van der Waals surface area contributed by atoms with Gasteiger partial charge in [-0.15, -0.1) is 11.3 Å². The van der Waals surface area contributed by atoms with Crippen LogP contribution in [0.25, 0.3) is 10.1 Å². The number of nitrogen functional groups attached to an aromatic ring is 1. The van der Waals surface area contributed by atoms with E-state index in [2.05, 4.69) is 5.32 Å². The number of anilines is 2. The van der Waals surface area contributed by atoms with Gasteiger partial charge < -0.3 is 11.1 Å². The third kappa shape index (κ3) is 2.70. The first-order chi connectivity index (χ1) is 10.1. The second-order valence-electron chi connectivity index (χ2n) is 4.42. The summed E-state index contributed by atoms with van der Waals surface area (Å²) in [6.45, 7) is 0. The molecule has 3 N–H and O–H groups in total. The molecule has 0 bridgehead atoms. The molecule has 0 unspecified atom stereocenters. The summed E-state index contributed by atoms with van der Waals surface area (Å²) in [7, 11) is 0. The quantitative estimate of drug-likeness (QED) is 0.688. The summed E-state index contributed by atoms with van der Waals surface area (Å²) in [6.07, 6.45) is 0. The van der Waals surface area contributed by atoms with Crippen LogP contribution in [0.5, 0.6) is 0 Å². The highest BCUT2D eigenvalue weighted by Crippen LogP contribution is 2.34. The van der Waals surface area contributed by atoms with Gasteiger partial charge in [-0.3, -0.25) is 4.79 Å². The van der Waals surface area contributed by atoms with E-state index < -0.39 is 0 Å². The molecule has 0 aliphatic heterocycles. The van der Waals surface area contributed by atoms with Crippen molar-refractivity contribution in [2.24, 2.45) is 0 Å². The molecule has 1 heterocycles. The van der Waals surface area contributed by atoms with Crippen LogP contribution in [0.4, 0.5) is 11.4 Å². The number of thiophene rings is 1. The molecule has 0 saturated carbocycles. The summed E-state index contributed by atoms with van der Waals surface area (Å²) in [5.41, 5.74) is 6.99. The Morgan fingerprint density at radius 1 is 1.14 bits per heavy atom. The summed E-state index contributed by atoms with van der Waals surface area (Å²) in [4.78, 5) is 12.9. The zero-order chi connectivity index (χ0) is 15.0. The van der Waals surface area contributed by atoms with E-state index in [0.717, 1.165) is 10.1 Å². The molecule has 6 heteroatoms. The van der Waals surface area contributed by atoms with Gasteiger partial charge in [0.1, 0.15) is 4.88 Å². The molecule has 1 aromatic heterocycles. The number of halogens is 2. The molecular weight excluding hydrogens is 327 g/mol. The van der Waals surface area contributed by atoms with Crippen molar-refractivity contribution in [1.29, 1.82) is 0 Å². The van der Waals surface area contributed by atoms with Crippen molar-refractivity contribution in [1.82, 2.24) is 0 Å². The summed E-state index contributed by atoms with van der Waals surface area (Å²) in [5.74, 6) is -0.294. The molecule has 3 rings (SSSR count). The number of nitrogens with one attached hydrogen (secondary N) is 1. The van der Waals surface area contributed by atoms with E-state index in [1.807, 2.05) is 24.3 Å². The summed E-state index contributed by atoms with van der Waals surface area (Å²) < 4.78 is 0.970. The Balaban J connectivity index is 1.97. The number of benzene rings is 2. The lowest BCUT2D eigenvalue weighted by Gasteiger charge is -2.07. The number of amides is 1. The van der Waals surface area contributed by atoms with Gasteiger partial charge in [0.2, 0.25) is 0 Å². The van der Waals surface area contributed by atoms with Gasteiger partial charge in [-0.25, -0.2) is 0 Å². The predicted molar refractivity (Wildman–Crippen MR) is 90.7 cm³/mol. The van der Waals surface area contributed by atoms with Crippen LogP contribution in [0.3, 0.4) is 0 Å². The van der Waals surface area contributed by atoms with Gasteiger partial charge in [0.05, 0.1) is 16.4 Å². The zero-order valence-corrected chi connectivity index (χ0v) is 13.0. The maximum absolute atomic E-state index is 12.4. The molecule has 106 valence electrons. The standard InChI is InChI=1S/C15H10Cl2N2OS/c16-8-5-6-10(17)11(7-8)19-15(20)14-13(18)9-3-1-2-4-12(9)21-14/h1-7H,18H2,(H,19,20). The molecule has 0 atom stereocenters. The van der Waals surface area contributed by atoms with Gasteiger partial charge in [-0.2, -0.15) is 0 Å². The maximum Gasteiger partial charge on any atom is 0.267 e. The van der Waals surface area contributed by atoms with Crippen LogP contribution in [-0.4, -0.2) is 5.91 Å². The second kappa shape index (κ2) is 5.56. The molecular formula is C15H10Cl2N2OS. The average molecular weight is 337 g/mol. The molecule has 0 aliphatic carbocycles. The van der Waals surface area contributed by atoms with Gasteiger partial charge in [-0.1, -0.05) is 41.4 Å². The number of nitrogens with two attached hydrogens (primary N) is 1. The number of carbonyl (C=O) groups excluding carboxylic acids is 1. The summed E-state index contributed by atoms with van der Waals surface area (Å²) >= 11 is 13.3. The number of rotatable bonds is 2. The Kier molecular flexibility index (Phi) is 3.76. The minimum Gasteiger partial charge on any atom is -0.397 e. The first-order valence-electron chi connectivity index (χ1n) is 6.09. The van der Waals surface area contributed by atoms with Crippen LogP contribution in [0.15, 0.2) is 42.5 Å². The van der Waals surface area contributed by atoms with E-state index >= 15 is 0 Å². The topological polar surface area (TPSA) is 55.1 Å². The summed E-state index contributed by atoms with van der Waals surface area (Å²) in [5, 5.41) is 4.55. The minimum atomic E-state index is -0.294. The van der Waals surface area contributed by atoms with Crippen molar-refractivity contribution >= 4 is 61.9 Å². The highest BCUT2D eigenvalue weighted by molar-refractivity contribution is 7.21. The molecule has 0 spiro atoms. The van der Waals surface area contributed by atoms with Crippen LogP contribution < -0.4 is 11.1 Å². The fraction of sp³-hybridized carbons (Fsp3) is 0. The number of fused-ring (bicyclic) bond motifs is 1. The molecule has 3 aromatic rings. The number of carbonyl (C=O) groups is 1. The van der Waals surface area contributed by atoms with E-state index in [9.17, 15) is 4.79 Å². The third-order valence-electron chi connectivity index (χ3n) is 3.02. The molecule has 1 amide bonds. The Bertz CT molecular complexity index is 845. The molecule has 21 heavy (non-hydrogen) atoms. The van der Waals surface area contributed by atoms with Crippen molar-refractivity contribution in [3.05, 3.63) is 57.4 Å². The Labute approximate surface area is 135 Å². The van der Waals surface area contributed by atoms with E-state index in [1.54, 1.807) is 18.2 Å². The Morgan fingerprint density at radius 3 is 2.67 bits per heavy atom. The average Bonchev–Trinajstić information content (AvgIpc) is 2.81. The SMILES string of the molecule is Nc1c(C(=O)Nc2cc(Cl)ccc2Cl)sc2ccccc12. The Hall–Kier alpha value is -1.75. The van der Waals surface area contributed by atoms with Crippen LogP contribution >= 0.6 is 34.5 Å². The van der Waals surface area contributed by atoms with E-state index in [-0.39, 0.29) is 5.91 Å². The highest BCUT2D eigenvalue weighted by Gasteiger charge is 2.17. The molecule has 0 aliphatic rings. The van der Waals surface area contributed by atoms with E-state index in [0.29, 0.717) is 26.3 Å². The highest BCUT2D eigenvalue weighted by atomic mass is 35.5. The van der Waals surface area contributed by atoms with Crippen LogP contribution in [0.1, 0.15) is 9.67 Å². The van der Waals surface area contributed by atoms with Crippen LogP contribution in [-0.2, 0) is 0 Å². The number of hydrogen-bond donors (Lipinski definition) is 2. The van der Waals surface area contributed by atoms with Gasteiger partial charge >= 0.3 is 0 Å². The van der Waals surface area contributed by atoms with Gasteiger partial charge in [0.25, 0.3) is 5.91 Å². The van der Waals surface area contributed by atoms with Gasteiger partial charge in [0, 0.05) is 15.1 Å². The fourth-order valence-corrected chi connectivity index (χ4v) is 3.36. The first-order valence-corrected chi connectivity index (χ1v) is 7.67. The molecule has 0 radical (unpaired) electrons. The fourth-order valence-electron chi connectivity index (χ4n) is 2.01. The van der Waals surface area contributed by atoms with Crippen molar-refractivity contribution in [2.75, 3.05) is 11.1 Å². The lowest BCUT2D eigenvalue weighted by atomic mass is 10.2. The first kappa shape index (κ1) is 14.2. The minimum absolute atomic E-state index is 0.294. The lowest BCUT2D eigenvalue weighted by molar-refractivity contribution is 0.103. The number of hydrogen-bond acceptors (Lipinski definition) is 3. The van der Waals surface area contributed by atoms with Crippen LogP contribution in [0, 0.1) is 0 Å². The van der Waals surface area contributed by atoms with Gasteiger partial charge in [-0.05, 0) is 24.3 Å². The van der Waals surface area contributed by atoms with Gasteiger partial charge in [0.15, 0.2) is 0 Å². The largest absolute Gasteiger partial charge is 0.397 e. The second-order valence-corrected chi connectivity index (χ2v) is 6.32. The third-order valence-corrected chi connectivity index (χ3v) is 4.77. The summed E-state index contributed by atoms with van der Waals surface area (Å²) in [6, 6.07) is 12.5. The lowest BCUT2D eigenvalue weighted by Crippen LogP contribution is -2.12. The molecule has 3 nitrogen and oxygen atoms in total. The van der Waals surface area contributed by atoms with Crippen LogP contribution in [0.2, 0.25) is 10.0 Å². The van der Waals surface area contributed by atoms with Crippen molar-refractivity contribution in [3.8, 4) is 0 Å². The normalized spacial score (nSPS) is 10.8. The maximum atomic E-state index is 12.4. The zero-order valence-electron chi connectivity index (χ0n) is 10.7. The molecule has 0 fully saturated rings. The van der Waals surface area contributed by atoms with Crippen molar-refractivity contribution in [3.63, 3.8) is 0 Å². The Morgan fingerprint density at radius 2 is 1.90 bits per heavy atom. The van der Waals surface area contributed by atoms with E-state index in [4.69, 9.17) is 28.9 Å². The monoisotopic (exact) mass is 336 g/mol. The smallest absolute Gasteiger partial charge is 0.267 e.